The lowest BCUT2D eigenvalue weighted by Crippen LogP contribution is -2.52. The number of amides is 2. The van der Waals surface area contributed by atoms with Crippen molar-refractivity contribution < 1.29 is 32.2 Å². The van der Waals surface area contributed by atoms with Gasteiger partial charge in [0.2, 0.25) is 15.9 Å². The van der Waals surface area contributed by atoms with Crippen LogP contribution in [0.2, 0.25) is 5.02 Å². The Balaban J connectivity index is 1.33. The van der Waals surface area contributed by atoms with Crippen LogP contribution in [0.15, 0.2) is 83.8 Å². The van der Waals surface area contributed by atoms with E-state index in [-0.39, 0.29) is 30.1 Å². The summed E-state index contributed by atoms with van der Waals surface area (Å²) in [6.45, 7) is 2.14. The smallest absolute Gasteiger partial charge is 0.261 e. The standard InChI is InChI=1S/C33H38ClN3O7S/c34-27-10-8-26(9-11-27)23-37(31(21-25-5-2-1-3-6-25)33(39)35-22-29-7-4-18-43-29)32(38)24-44-28-12-14-30(15-13-28)45(40,41)36-16-19-42-20-17-36/h1-3,5-6,8-15,29,31H,4,7,16-24H2,(H,35,39)/t29-,31-/m0/s1. The first kappa shape index (κ1) is 32.9. The van der Waals surface area contributed by atoms with Gasteiger partial charge in [-0.1, -0.05) is 54.1 Å². The molecule has 3 aromatic rings. The zero-order chi connectivity index (χ0) is 31.6. The molecule has 0 saturated carbocycles. The Kier molecular flexibility index (Phi) is 11.5. The van der Waals surface area contributed by atoms with Crippen molar-refractivity contribution in [1.82, 2.24) is 14.5 Å². The molecule has 2 fully saturated rings. The van der Waals surface area contributed by atoms with E-state index in [1.54, 1.807) is 12.1 Å². The quantitative estimate of drug-likeness (QED) is 0.299. The van der Waals surface area contributed by atoms with Crippen molar-refractivity contribution in [3.05, 3.63) is 95.0 Å². The van der Waals surface area contributed by atoms with Crippen LogP contribution in [0.5, 0.6) is 5.75 Å². The van der Waals surface area contributed by atoms with Crippen LogP contribution in [0.1, 0.15) is 24.0 Å². The number of carbonyl (C=O) groups excluding carboxylic acids is 2. The maximum Gasteiger partial charge on any atom is 0.261 e. The lowest BCUT2D eigenvalue weighted by atomic mass is 10.0. The second-order valence-corrected chi connectivity index (χ2v) is 13.4. The van der Waals surface area contributed by atoms with Crippen LogP contribution < -0.4 is 10.1 Å². The molecule has 0 spiro atoms. The van der Waals surface area contributed by atoms with Crippen molar-refractivity contribution in [2.75, 3.05) is 46.1 Å². The normalized spacial score (nSPS) is 17.8. The lowest BCUT2D eigenvalue weighted by molar-refractivity contribution is -0.143. The van der Waals surface area contributed by atoms with Gasteiger partial charge in [-0.3, -0.25) is 9.59 Å². The molecule has 45 heavy (non-hydrogen) atoms. The van der Waals surface area contributed by atoms with E-state index in [4.69, 9.17) is 25.8 Å². The molecule has 3 aromatic carbocycles. The summed E-state index contributed by atoms with van der Waals surface area (Å²) in [4.78, 5) is 29.3. The molecule has 0 bridgehead atoms. The Bertz CT molecular complexity index is 1510. The number of benzene rings is 3. The van der Waals surface area contributed by atoms with Gasteiger partial charge >= 0.3 is 0 Å². The summed E-state index contributed by atoms with van der Waals surface area (Å²) in [6.07, 6.45) is 2.07. The number of carbonyl (C=O) groups is 2. The highest BCUT2D eigenvalue weighted by Crippen LogP contribution is 2.22. The van der Waals surface area contributed by atoms with Crippen molar-refractivity contribution in [1.29, 1.82) is 0 Å². The first-order valence-electron chi connectivity index (χ1n) is 15.1. The van der Waals surface area contributed by atoms with Crippen molar-refractivity contribution >= 4 is 33.4 Å². The highest BCUT2D eigenvalue weighted by Gasteiger charge is 2.32. The van der Waals surface area contributed by atoms with Crippen LogP contribution in [0.4, 0.5) is 0 Å². The predicted octanol–water partition coefficient (Wildman–Crippen LogP) is 3.68. The van der Waals surface area contributed by atoms with Crippen molar-refractivity contribution in [3.8, 4) is 5.75 Å². The van der Waals surface area contributed by atoms with E-state index in [2.05, 4.69) is 5.32 Å². The molecule has 12 heteroatoms. The molecule has 240 valence electrons. The summed E-state index contributed by atoms with van der Waals surface area (Å²) in [5, 5.41) is 3.57. The van der Waals surface area contributed by atoms with Gasteiger partial charge in [0.05, 0.1) is 24.2 Å². The molecule has 10 nitrogen and oxygen atoms in total. The Hall–Kier alpha value is -3.48. The second-order valence-electron chi connectivity index (χ2n) is 11.0. The second kappa shape index (κ2) is 15.7. The van der Waals surface area contributed by atoms with E-state index in [1.165, 1.54) is 33.5 Å². The van der Waals surface area contributed by atoms with Crippen LogP contribution in [-0.4, -0.2) is 87.6 Å². The van der Waals surface area contributed by atoms with Crippen LogP contribution in [0, 0.1) is 0 Å². The molecular weight excluding hydrogens is 618 g/mol. The molecule has 2 heterocycles. The van der Waals surface area contributed by atoms with Gasteiger partial charge in [0.15, 0.2) is 6.61 Å². The largest absolute Gasteiger partial charge is 0.484 e. The van der Waals surface area contributed by atoms with Crippen LogP contribution in [0.3, 0.4) is 0 Å². The maximum atomic E-state index is 13.9. The first-order valence-corrected chi connectivity index (χ1v) is 16.9. The fraction of sp³-hybridized carbons (Fsp3) is 0.394. The lowest BCUT2D eigenvalue weighted by Gasteiger charge is -2.32. The minimum atomic E-state index is -3.66. The van der Waals surface area contributed by atoms with Gasteiger partial charge in [-0.2, -0.15) is 4.31 Å². The summed E-state index contributed by atoms with van der Waals surface area (Å²) in [7, 11) is -3.66. The summed E-state index contributed by atoms with van der Waals surface area (Å²) < 4.78 is 44.2. The average Bonchev–Trinajstić information content (AvgIpc) is 3.60. The third-order valence-corrected chi connectivity index (χ3v) is 10.0. The third kappa shape index (κ3) is 9.05. The number of hydrogen-bond acceptors (Lipinski definition) is 7. The summed E-state index contributed by atoms with van der Waals surface area (Å²) in [5.74, 6) is -0.351. The van der Waals surface area contributed by atoms with Gasteiger partial charge in [0.25, 0.3) is 5.91 Å². The number of sulfonamides is 1. The fourth-order valence-electron chi connectivity index (χ4n) is 5.35. The van der Waals surface area contributed by atoms with Gasteiger partial charge in [0, 0.05) is 44.2 Å². The minimum absolute atomic E-state index is 0.0508. The van der Waals surface area contributed by atoms with Crippen LogP contribution in [0.25, 0.3) is 0 Å². The van der Waals surface area contributed by atoms with Crippen LogP contribution in [-0.2, 0) is 42.1 Å². The molecule has 2 saturated heterocycles. The molecule has 1 N–H and O–H groups in total. The highest BCUT2D eigenvalue weighted by molar-refractivity contribution is 7.89. The Morgan fingerprint density at radius 3 is 2.33 bits per heavy atom. The topological polar surface area (TPSA) is 114 Å². The number of nitrogens with zero attached hydrogens (tertiary/aromatic N) is 2. The zero-order valence-electron chi connectivity index (χ0n) is 25.0. The van der Waals surface area contributed by atoms with Crippen molar-refractivity contribution in [2.24, 2.45) is 0 Å². The van der Waals surface area contributed by atoms with Crippen molar-refractivity contribution in [2.45, 2.75) is 42.8 Å². The Labute approximate surface area is 269 Å². The molecular formula is C33H38ClN3O7S. The highest BCUT2D eigenvalue weighted by atomic mass is 35.5. The van der Waals surface area contributed by atoms with E-state index >= 15 is 0 Å². The minimum Gasteiger partial charge on any atom is -0.484 e. The molecule has 0 aliphatic carbocycles. The van der Waals surface area contributed by atoms with E-state index in [1.807, 2.05) is 42.5 Å². The predicted molar refractivity (Wildman–Crippen MR) is 169 cm³/mol. The van der Waals surface area contributed by atoms with E-state index < -0.39 is 22.0 Å². The summed E-state index contributed by atoms with van der Waals surface area (Å²) in [5.41, 5.74) is 1.71. The van der Waals surface area contributed by atoms with Gasteiger partial charge in [-0.05, 0) is 60.4 Å². The van der Waals surface area contributed by atoms with Gasteiger partial charge < -0.3 is 24.4 Å². The molecule has 2 aliphatic heterocycles. The van der Waals surface area contributed by atoms with Crippen molar-refractivity contribution in [3.63, 3.8) is 0 Å². The monoisotopic (exact) mass is 655 g/mol. The summed E-state index contributed by atoms with van der Waals surface area (Å²) >= 11 is 6.11. The molecule has 2 amide bonds. The zero-order valence-corrected chi connectivity index (χ0v) is 26.5. The van der Waals surface area contributed by atoms with Gasteiger partial charge in [-0.25, -0.2) is 8.42 Å². The Morgan fingerprint density at radius 1 is 0.956 bits per heavy atom. The molecule has 0 unspecified atom stereocenters. The number of ether oxygens (including phenoxy) is 3. The van der Waals surface area contributed by atoms with Gasteiger partial charge in [0.1, 0.15) is 11.8 Å². The Morgan fingerprint density at radius 2 is 1.67 bits per heavy atom. The van der Waals surface area contributed by atoms with Gasteiger partial charge in [-0.15, -0.1) is 0 Å². The average molecular weight is 656 g/mol. The molecule has 0 aromatic heterocycles. The number of rotatable bonds is 13. The number of morpholine rings is 1. The summed E-state index contributed by atoms with van der Waals surface area (Å²) in [6, 6.07) is 21.8. The van der Waals surface area contributed by atoms with E-state index in [0.717, 1.165) is 24.0 Å². The molecule has 2 aliphatic rings. The number of hydrogen-bond donors (Lipinski definition) is 1. The van der Waals surface area contributed by atoms with Crippen LogP contribution >= 0.6 is 11.6 Å². The fourth-order valence-corrected chi connectivity index (χ4v) is 6.88. The SMILES string of the molecule is O=C(NC[C@@H]1CCCO1)[C@H](Cc1ccccc1)N(Cc1ccc(Cl)cc1)C(=O)COc1ccc(S(=O)(=O)N2CCOCC2)cc1. The first-order chi connectivity index (χ1) is 21.8. The number of nitrogens with one attached hydrogen (secondary N) is 1. The molecule has 5 rings (SSSR count). The molecule has 0 radical (unpaired) electrons. The molecule has 2 atom stereocenters. The third-order valence-electron chi connectivity index (χ3n) is 7.86. The van der Waals surface area contributed by atoms with E-state index in [9.17, 15) is 18.0 Å². The number of halogens is 1. The van der Waals surface area contributed by atoms with E-state index in [0.29, 0.717) is 56.6 Å². The maximum absolute atomic E-state index is 13.9.